The van der Waals surface area contributed by atoms with Gasteiger partial charge in [-0.15, -0.1) is 0 Å². The van der Waals surface area contributed by atoms with Crippen LogP contribution in [-0.2, 0) is 0 Å². The topological polar surface area (TPSA) is 47.0 Å². The molecule has 100 valence electrons. The van der Waals surface area contributed by atoms with Crippen LogP contribution in [0.3, 0.4) is 0 Å². The molecule has 0 aliphatic heterocycles. The van der Waals surface area contributed by atoms with Crippen LogP contribution in [0.25, 0.3) is 0 Å². The fraction of sp³-hybridized carbons (Fsp3) is 0.231. The van der Waals surface area contributed by atoms with Gasteiger partial charge in [-0.1, -0.05) is 11.6 Å². The molecule has 0 saturated carbocycles. The van der Waals surface area contributed by atoms with E-state index in [0.717, 1.165) is 0 Å². The Morgan fingerprint density at radius 3 is 2.84 bits per heavy atom. The molecule has 19 heavy (non-hydrogen) atoms. The standard InChI is InChI=1S/C13H13ClFN3O/c1-8(17-13-7-16-6-12(14)18-13)10-5-9(15)3-4-11(10)19-2/h3-8H,1-2H3,(H,17,18). The molecule has 4 nitrogen and oxygen atoms in total. The lowest BCUT2D eigenvalue weighted by Gasteiger charge is -2.17. The molecule has 0 saturated heterocycles. The molecule has 2 aromatic rings. The summed E-state index contributed by atoms with van der Waals surface area (Å²) < 4.78 is 18.5. The number of anilines is 1. The van der Waals surface area contributed by atoms with Gasteiger partial charge in [0.25, 0.3) is 0 Å². The lowest BCUT2D eigenvalue weighted by molar-refractivity contribution is 0.406. The summed E-state index contributed by atoms with van der Waals surface area (Å²) in [4.78, 5) is 8.00. The highest BCUT2D eigenvalue weighted by Gasteiger charge is 2.13. The first kappa shape index (κ1) is 13.5. The van der Waals surface area contributed by atoms with Crippen LogP contribution in [0.4, 0.5) is 10.2 Å². The first-order chi connectivity index (χ1) is 9.10. The smallest absolute Gasteiger partial charge is 0.149 e. The Bertz CT molecular complexity index is 580. The molecule has 0 spiro atoms. The molecule has 0 amide bonds. The van der Waals surface area contributed by atoms with E-state index in [9.17, 15) is 4.39 Å². The Labute approximate surface area is 115 Å². The van der Waals surface area contributed by atoms with Crippen molar-refractivity contribution in [3.8, 4) is 5.75 Å². The van der Waals surface area contributed by atoms with Gasteiger partial charge in [0.1, 0.15) is 22.5 Å². The number of methoxy groups -OCH3 is 1. The minimum absolute atomic E-state index is 0.196. The number of hydrogen-bond donors (Lipinski definition) is 1. The van der Waals surface area contributed by atoms with Crippen LogP contribution in [0.2, 0.25) is 5.15 Å². The van der Waals surface area contributed by atoms with E-state index in [1.807, 2.05) is 6.92 Å². The highest BCUT2D eigenvalue weighted by atomic mass is 35.5. The third-order valence-electron chi connectivity index (χ3n) is 2.63. The number of hydrogen-bond acceptors (Lipinski definition) is 4. The number of benzene rings is 1. The van der Waals surface area contributed by atoms with E-state index in [4.69, 9.17) is 16.3 Å². The molecule has 0 bridgehead atoms. The van der Waals surface area contributed by atoms with Crippen molar-refractivity contribution in [1.29, 1.82) is 0 Å². The van der Waals surface area contributed by atoms with Crippen LogP contribution < -0.4 is 10.1 Å². The maximum atomic E-state index is 13.3. The molecule has 1 N–H and O–H groups in total. The Morgan fingerprint density at radius 2 is 2.16 bits per heavy atom. The highest BCUT2D eigenvalue weighted by molar-refractivity contribution is 6.29. The molecule has 0 aliphatic rings. The van der Waals surface area contributed by atoms with Crippen molar-refractivity contribution in [2.24, 2.45) is 0 Å². The van der Waals surface area contributed by atoms with E-state index in [1.54, 1.807) is 19.4 Å². The van der Waals surface area contributed by atoms with Gasteiger partial charge in [-0.2, -0.15) is 0 Å². The minimum atomic E-state index is -0.318. The fourth-order valence-electron chi connectivity index (χ4n) is 1.75. The van der Waals surface area contributed by atoms with Gasteiger partial charge >= 0.3 is 0 Å². The number of halogens is 2. The molecule has 0 fully saturated rings. The summed E-state index contributed by atoms with van der Waals surface area (Å²) in [5.41, 5.74) is 0.698. The third-order valence-corrected chi connectivity index (χ3v) is 2.81. The maximum absolute atomic E-state index is 13.3. The Hall–Kier alpha value is -1.88. The molecule has 1 aromatic heterocycles. The maximum Gasteiger partial charge on any atom is 0.149 e. The third kappa shape index (κ3) is 3.32. The zero-order valence-corrected chi connectivity index (χ0v) is 11.3. The van der Waals surface area contributed by atoms with Crippen LogP contribution in [0.1, 0.15) is 18.5 Å². The predicted molar refractivity (Wildman–Crippen MR) is 72.0 cm³/mol. The van der Waals surface area contributed by atoms with Crippen molar-refractivity contribution in [2.75, 3.05) is 12.4 Å². The normalized spacial score (nSPS) is 12.0. The van der Waals surface area contributed by atoms with Crippen LogP contribution in [0.15, 0.2) is 30.6 Å². The first-order valence-electron chi connectivity index (χ1n) is 5.67. The van der Waals surface area contributed by atoms with Crippen LogP contribution in [-0.4, -0.2) is 17.1 Å². The summed E-state index contributed by atoms with van der Waals surface area (Å²) in [5.74, 6) is 0.810. The predicted octanol–water partition coefficient (Wildman–Crippen LogP) is 3.45. The zero-order chi connectivity index (χ0) is 13.8. The van der Waals surface area contributed by atoms with E-state index >= 15 is 0 Å². The summed E-state index contributed by atoms with van der Waals surface area (Å²) in [6, 6.07) is 4.17. The average Bonchev–Trinajstić information content (AvgIpc) is 2.38. The Morgan fingerprint density at radius 1 is 1.37 bits per heavy atom. The van der Waals surface area contributed by atoms with Crippen LogP contribution >= 0.6 is 11.6 Å². The van der Waals surface area contributed by atoms with E-state index in [1.165, 1.54) is 18.3 Å². The van der Waals surface area contributed by atoms with Gasteiger partial charge in [-0.05, 0) is 25.1 Å². The SMILES string of the molecule is COc1ccc(F)cc1C(C)Nc1cncc(Cl)n1. The highest BCUT2D eigenvalue weighted by Crippen LogP contribution is 2.28. The van der Waals surface area contributed by atoms with Crippen molar-refractivity contribution in [3.05, 3.63) is 47.1 Å². The van der Waals surface area contributed by atoms with Crippen molar-refractivity contribution in [1.82, 2.24) is 9.97 Å². The number of rotatable bonds is 4. The lowest BCUT2D eigenvalue weighted by atomic mass is 10.1. The largest absolute Gasteiger partial charge is 0.496 e. The fourth-order valence-corrected chi connectivity index (χ4v) is 1.90. The van der Waals surface area contributed by atoms with Gasteiger partial charge in [0, 0.05) is 5.56 Å². The molecular weight excluding hydrogens is 269 g/mol. The molecular formula is C13H13ClFN3O. The van der Waals surface area contributed by atoms with E-state index in [0.29, 0.717) is 22.3 Å². The van der Waals surface area contributed by atoms with Crippen molar-refractivity contribution < 1.29 is 9.13 Å². The molecule has 0 radical (unpaired) electrons. The average molecular weight is 282 g/mol. The number of aromatic nitrogens is 2. The molecule has 2 rings (SSSR count). The van der Waals surface area contributed by atoms with Crippen molar-refractivity contribution in [2.45, 2.75) is 13.0 Å². The van der Waals surface area contributed by atoms with Gasteiger partial charge in [-0.3, -0.25) is 4.98 Å². The van der Waals surface area contributed by atoms with E-state index < -0.39 is 0 Å². The minimum Gasteiger partial charge on any atom is -0.496 e. The monoisotopic (exact) mass is 281 g/mol. The zero-order valence-electron chi connectivity index (χ0n) is 10.5. The molecule has 1 aromatic carbocycles. The second kappa shape index (κ2) is 5.84. The second-order valence-corrected chi connectivity index (χ2v) is 4.37. The summed E-state index contributed by atoms with van der Waals surface area (Å²) in [6.07, 6.45) is 2.99. The molecule has 6 heteroatoms. The number of ether oxygens (including phenoxy) is 1. The van der Waals surface area contributed by atoms with Crippen LogP contribution in [0.5, 0.6) is 5.75 Å². The molecule has 0 aliphatic carbocycles. The lowest BCUT2D eigenvalue weighted by Crippen LogP contribution is -2.10. The van der Waals surface area contributed by atoms with Gasteiger partial charge in [-0.25, -0.2) is 9.37 Å². The summed E-state index contributed by atoms with van der Waals surface area (Å²) in [7, 11) is 1.54. The number of nitrogens with one attached hydrogen (secondary N) is 1. The van der Waals surface area contributed by atoms with Gasteiger partial charge < -0.3 is 10.1 Å². The first-order valence-corrected chi connectivity index (χ1v) is 6.05. The van der Waals surface area contributed by atoms with Crippen LogP contribution in [0, 0.1) is 5.82 Å². The molecule has 1 heterocycles. The summed E-state index contributed by atoms with van der Waals surface area (Å²) >= 11 is 5.76. The molecule has 1 atom stereocenters. The van der Waals surface area contributed by atoms with Crippen molar-refractivity contribution >= 4 is 17.4 Å². The Balaban J connectivity index is 2.24. The van der Waals surface area contributed by atoms with E-state index in [2.05, 4.69) is 15.3 Å². The van der Waals surface area contributed by atoms with Gasteiger partial charge in [0.2, 0.25) is 0 Å². The second-order valence-electron chi connectivity index (χ2n) is 3.98. The summed E-state index contributed by atoms with van der Waals surface area (Å²) in [6.45, 7) is 1.87. The Kier molecular flexibility index (Phi) is 4.16. The van der Waals surface area contributed by atoms with Gasteiger partial charge in [0.15, 0.2) is 0 Å². The quantitative estimate of drug-likeness (QED) is 0.932. The van der Waals surface area contributed by atoms with Gasteiger partial charge in [0.05, 0.1) is 25.5 Å². The summed E-state index contributed by atoms with van der Waals surface area (Å²) in [5, 5.41) is 3.39. The van der Waals surface area contributed by atoms with Crippen molar-refractivity contribution in [3.63, 3.8) is 0 Å². The molecule has 1 unspecified atom stereocenters. The van der Waals surface area contributed by atoms with E-state index in [-0.39, 0.29) is 11.9 Å². The number of nitrogens with zero attached hydrogens (tertiary/aromatic N) is 2.